The van der Waals surface area contributed by atoms with Crippen LogP contribution in [0.2, 0.25) is 0 Å². The van der Waals surface area contributed by atoms with E-state index in [4.69, 9.17) is 0 Å². The first-order valence-corrected chi connectivity index (χ1v) is 8.84. The number of aromatic nitrogens is 1. The summed E-state index contributed by atoms with van der Waals surface area (Å²) in [5.74, 6) is 0.0726. The zero-order chi connectivity index (χ0) is 18.1. The first kappa shape index (κ1) is 16.5. The highest BCUT2D eigenvalue weighted by Gasteiger charge is 2.18. The molecular weight excluding hydrogens is 326 g/mol. The van der Waals surface area contributed by atoms with E-state index >= 15 is 0 Å². The maximum absolute atomic E-state index is 12.6. The number of benzene rings is 2. The van der Waals surface area contributed by atoms with Crippen LogP contribution in [-0.2, 0) is 7.05 Å². The standard InChI is InChI=1S/C21H21N3O2/c1-23-14-19(17-4-2-3-5-18(17)21(23)26)15-6-8-16(9-7-15)20(25)24-12-10-22-11-13-24/h2-9,14,22H,10-13H2,1H3. The van der Waals surface area contributed by atoms with Crippen LogP contribution in [0, 0.1) is 0 Å². The van der Waals surface area contributed by atoms with E-state index in [9.17, 15) is 9.59 Å². The Balaban J connectivity index is 1.72. The maximum Gasteiger partial charge on any atom is 0.258 e. The molecule has 0 spiro atoms. The fourth-order valence-electron chi connectivity index (χ4n) is 3.49. The summed E-state index contributed by atoms with van der Waals surface area (Å²) in [6.07, 6.45) is 1.86. The van der Waals surface area contributed by atoms with Crippen LogP contribution in [0.25, 0.3) is 21.9 Å². The second kappa shape index (κ2) is 6.77. The summed E-state index contributed by atoms with van der Waals surface area (Å²) in [5.41, 5.74) is 2.68. The van der Waals surface area contributed by atoms with Crippen LogP contribution < -0.4 is 10.9 Å². The summed E-state index contributed by atoms with van der Waals surface area (Å²) in [4.78, 5) is 26.8. The molecule has 2 aromatic carbocycles. The summed E-state index contributed by atoms with van der Waals surface area (Å²) < 4.78 is 1.61. The number of hydrogen-bond acceptors (Lipinski definition) is 3. The molecule has 4 rings (SSSR count). The smallest absolute Gasteiger partial charge is 0.258 e. The van der Waals surface area contributed by atoms with E-state index in [1.807, 2.05) is 59.6 Å². The largest absolute Gasteiger partial charge is 0.336 e. The van der Waals surface area contributed by atoms with Gasteiger partial charge in [0.05, 0.1) is 0 Å². The Bertz CT molecular complexity index is 1020. The molecule has 0 radical (unpaired) electrons. The number of carbonyl (C=O) groups excluding carboxylic acids is 1. The van der Waals surface area contributed by atoms with Crippen molar-refractivity contribution in [2.45, 2.75) is 0 Å². The third-order valence-corrected chi connectivity index (χ3v) is 4.94. The van der Waals surface area contributed by atoms with E-state index in [1.165, 1.54) is 0 Å². The number of aryl methyl sites for hydroxylation is 1. The van der Waals surface area contributed by atoms with Crippen LogP contribution >= 0.6 is 0 Å². The van der Waals surface area contributed by atoms with Gasteiger partial charge in [-0.1, -0.05) is 30.3 Å². The molecule has 5 nitrogen and oxygen atoms in total. The van der Waals surface area contributed by atoms with Crippen molar-refractivity contribution in [3.63, 3.8) is 0 Å². The van der Waals surface area contributed by atoms with Gasteiger partial charge >= 0.3 is 0 Å². The molecule has 3 aromatic rings. The highest BCUT2D eigenvalue weighted by molar-refractivity contribution is 5.98. The summed E-state index contributed by atoms with van der Waals surface area (Å²) in [7, 11) is 1.76. The van der Waals surface area contributed by atoms with Crippen molar-refractivity contribution in [1.82, 2.24) is 14.8 Å². The summed E-state index contributed by atoms with van der Waals surface area (Å²) in [5, 5.41) is 4.89. The van der Waals surface area contributed by atoms with Gasteiger partial charge in [-0.25, -0.2) is 0 Å². The summed E-state index contributed by atoms with van der Waals surface area (Å²) in [6.45, 7) is 3.17. The molecule has 2 heterocycles. The Morgan fingerprint density at radius 1 is 0.962 bits per heavy atom. The van der Waals surface area contributed by atoms with Crippen LogP contribution in [-0.4, -0.2) is 41.6 Å². The van der Waals surface area contributed by atoms with Gasteiger partial charge in [-0.3, -0.25) is 9.59 Å². The zero-order valence-electron chi connectivity index (χ0n) is 14.7. The number of piperazine rings is 1. The highest BCUT2D eigenvalue weighted by atomic mass is 16.2. The van der Waals surface area contributed by atoms with Crippen molar-refractivity contribution >= 4 is 16.7 Å². The highest BCUT2D eigenvalue weighted by Crippen LogP contribution is 2.27. The monoisotopic (exact) mass is 347 g/mol. The molecule has 1 amide bonds. The molecule has 1 aliphatic heterocycles. The lowest BCUT2D eigenvalue weighted by atomic mass is 9.99. The Labute approximate surface area is 151 Å². The Kier molecular flexibility index (Phi) is 4.31. The topological polar surface area (TPSA) is 54.3 Å². The molecule has 0 atom stereocenters. The van der Waals surface area contributed by atoms with Crippen molar-refractivity contribution < 1.29 is 4.79 Å². The molecule has 26 heavy (non-hydrogen) atoms. The molecule has 1 N–H and O–H groups in total. The Morgan fingerprint density at radius 3 is 2.31 bits per heavy atom. The second-order valence-electron chi connectivity index (χ2n) is 6.62. The van der Waals surface area contributed by atoms with E-state index in [0.717, 1.165) is 42.7 Å². The average molecular weight is 347 g/mol. The fourth-order valence-corrected chi connectivity index (χ4v) is 3.49. The number of nitrogens with one attached hydrogen (secondary N) is 1. The van der Waals surface area contributed by atoms with Crippen LogP contribution in [0.1, 0.15) is 10.4 Å². The van der Waals surface area contributed by atoms with E-state index in [2.05, 4.69) is 5.32 Å². The number of pyridine rings is 1. The van der Waals surface area contributed by atoms with Gasteiger partial charge in [0.15, 0.2) is 0 Å². The van der Waals surface area contributed by atoms with Crippen molar-refractivity contribution in [3.05, 3.63) is 70.6 Å². The molecular formula is C21H21N3O2. The third-order valence-electron chi connectivity index (χ3n) is 4.94. The minimum atomic E-state index is -0.00476. The summed E-state index contributed by atoms with van der Waals surface area (Å²) >= 11 is 0. The maximum atomic E-state index is 12.6. The first-order valence-electron chi connectivity index (χ1n) is 8.84. The van der Waals surface area contributed by atoms with E-state index in [-0.39, 0.29) is 11.5 Å². The van der Waals surface area contributed by atoms with Gasteiger partial charge in [0, 0.05) is 55.9 Å². The molecule has 0 bridgehead atoms. The van der Waals surface area contributed by atoms with Gasteiger partial charge in [0.2, 0.25) is 0 Å². The third kappa shape index (κ3) is 2.91. The van der Waals surface area contributed by atoms with E-state index in [0.29, 0.717) is 10.9 Å². The van der Waals surface area contributed by atoms with Crippen LogP contribution in [0.5, 0.6) is 0 Å². The summed E-state index contributed by atoms with van der Waals surface area (Å²) in [6, 6.07) is 15.3. The predicted octanol–water partition coefficient (Wildman–Crippen LogP) is 2.25. The Hall–Kier alpha value is -2.92. The SMILES string of the molecule is Cn1cc(-c2ccc(C(=O)N3CCNCC3)cc2)c2ccccc2c1=O. The van der Waals surface area contributed by atoms with Crippen LogP contribution in [0.3, 0.4) is 0 Å². The van der Waals surface area contributed by atoms with Crippen molar-refractivity contribution in [2.75, 3.05) is 26.2 Å². The number of nitrogens with zero attached hydrogens (tertiary/aromatic N) is 2. The van der Waals surface area contributed by atoms with Crippen molar-refractivity contribution in [1.29, 1.82) is 0 Å². The van der Waals surface area contributed by atoms with Gasteiger partial charge in [0.1, 0.15) is 0 Å². The van der Waals surface area contributed by atoms with E-state index in [1.54, 1.807) is 11.6 Å². The predicted molar refractivity (Wildman–Crippen MR) is 103 cm³/mol. The van der Waals surface area contributed by atoms with Crippen LogP contribution in [0.15, 0.2) is 59.5 Å². The molecule has 1 saturated heterocycles. The van der Waals surface area contributed by atoms with Gasteiger partial charge in [-0.2, -0.15) is 0 Å². The van der Waals surface area contributed by atoms with Crippen LogP contribution in [0.4, 0.5) is 0 Å². The van der Waals surface area contributed by atoms with Gasteiger partial charge < -0.3 is 14.8 Å². The normalized spacial score (nSPS) is 14.6. The molecule has 1 aliphatic rings. The van der Waals surface area contributed by atoms with Crippen molar-refractivity contribution in [2.24, 2.45) is 7.05 Å². The quantitative estimate of drug-likeness (QED) is 0.774. The molecule has 132 valence electrons. The number of amides is 1. The minimum absolute atomic E-state index is 0.00476. The second-order valence-corrected chi connectivity index (χ2v) is 6.62. The van der Waals surface area contributed by atoms with E-state index < -0.39 is 0 Å². The lowest BCUT2D eigenvalue weighted by Gasteiger charge is -2.27. The zero-order valence-corrected chi connectivity index (χ0v) is 14.7. The number of rotatable bonds is 2. The lowest BCUT2D eigenvalue weighted by molar-refractivity contribution is 0.0736. The van der Waals surface area contributed by atoms with Gasteiger partial charge in [-0.05, 0) is 29.1 Å². The first-order chi connectivity index (χ1) is 12.6. The number of carbonyl (C=O) groups is 1. The van der Waals surface area contributed by atoms with Gasteiger partial charge in [0.25, 0.3) is 11.5 Å². The molecule has 0 unspecified atom stereocenters. The van der Waals surface area contributed by atoms with Crippen molar-refractivity contribution in [3.8, 4) is 11.1 Å². The molecule has 1 fully saturated rings. The average Bonchev–Trinajstić information content (AvgIpc) is 2.71. The molecule has 0 saturated carbocycles. The number of hydrogen-bond donors (Lipinski definition) is 1. The Morgan fingerprint density at radius 2 is 1.62 bits per heavy atom. The molecule has 0 aliphatic carbocycles. The fraction of sp³-hybridized carbons (Fsp3) is 0.238. The lowest BCUT2D eigenvalue weighted by Crippen LogP contribution is -2.46. The number of fused-ring (bicyclic) bond motifs is 1. The molecule has 1 aromatic heterocycles. The van der Waals surface area contributed by atoms with Gasteiger partial charge in [-0.15, -0.1) is 0 Å². The minimum Gasteiger partial charge on any atom is -0.336 e. The molecule has 5 heteroatoms.